The maximum absolute atomic E-state index is 11.0. The molecule has 0 aromatic heterocycles. The van der Waals surface area contributed by atoms with E-state index in [1.807, 2.05) is 0 Å². The normalized spacial score (nSPS) is 40.9. The number of ether oxygens (including phenoxy) is 1. The summed E-state index contributed by atoms with van der Waals surface area (Å²) in [5.41, 5.74) is -0.719. The predicted molar refractivity (Wildman–Crippen MR) is 55.7 cm³/mol. The first kappa shape index (κ1) is 10.9. The Kier molecular flexibility index (Phi) is 2.98. The van der Waals surface area contributed by atoms with Crippen molar-refractivity contribution in [1.82, 2.24) is 5.32 Å². The summed E-state index contributed by atoms with van der Waals surface area (Å²) in [5.74, 6) is -0.286. The second-order valence-electron chi connectivity index (χ2n) is 4.96. The molecule has 0 bridgehead atoms. The number of carbonyl (C=O) groups is 1. The van der Waals surface area contributed by atoms with Gasteiger partial charge in [-0.1, -0.05) is 0 Å². The van der Waals surface area contributed by atoms with Gasteiger partial charge in [0.05, 0.1) is 6.10 Å². The van der Waals surface area contributed by atoms with Crippen LogP contribution >= 0.6 is 0 Å². The largest absolute Gasteiger partial charge is 0.480 e. The number of carboxylic acid groups (broad SMARTS) is 1. The van der Waals surface area contributed by atoms with Crippen LogP contribution in [-0.4, -0.2) is 35.9 Å². The van der Waals surface area contributed by atoms with Crippen LogP contribution in [0, 0.1) is 5.92 Å². The van der Waals surface area contributed by atoms with Crippen LogP contribution in [-0.2, 0) is 9.53 Å². The topological polar surface area (TPSA) is 58.6 Å². The molecule has 15 heavy (non-hydrogen) atoms. The third kappa shape index (κ3) is 2.32. The molecule has 2 aliphatic heterocycles. The zero-order valence-electron chi connectivity index (χ0n) is 9.16. The number of carboxylic acids is 1. The number of nitrogens with one attached hydrogen (secondary N) is 1. The first-order chi connectivity index (χ1) is 7.10. The van der Waals surface area contributed by atoms with Gasteiger partial charge in [-0.15, -0.1) is 0 Å². The van der Waals surface area contributed by atoms with E-state index >= 15 is 0 Å². The van der Waals surface area contributed by atoms with Crippen molar-refractivity contribution in [3.05, 3.63) is 0 Å². The zero-order chi connectivity index (χ0) is 10.9. The fourth-order valence-corrected chi connectivity index (χ4v) is 2.62. The van der Waals surface area contributed by atoms with Crippen molar-refractivity contribution < 1.29 is 14.6 Å². The lowest BCUT2D eigenvalue weighted by Crippen LogP contribution is -2.44. The van der Waals surface area contributed by atoms with Gasteiger partial charge >= 0.3 is 5.97 Å². The van der Waals surface area contributed by atoms with E-state index in [4.69, 9.17) is 9.84 Å². The van der Waals surface area contributed by atoms with Crippen molar-refractivity contribution in [3.63, 3.8) is 0 Å². The minimum absolute atomic E-state index is 0.368. The Bertz CT molecular complexity index is 250. The summed E-state index contributed by atoms with van der Waals surface area (Å²) in [6, 6.07) is 0. The van der Waals surface area contributed by atoms with Gasteiger partial charge in [0.15, 0.2) is 0 Å². The molecule has 3 atom stereocenters. The Morgan fingerprint density at radius 1 is 1.67 bits per heavy atom. The molecule has 0 saturated carbocycles. The molecule has 4 nitrogen and oxygen atoms in total. The summed E-state index contributed by atoms with van der Waals surface area (Å²) < 4.78 is 5.57. The van der Waals surface area contributed by atoms with Crippen LogP contribution in [0.2, 0.25) is 0 Å². The number of aliphatic carboxylic acids is 1. The molecule has 2 rings (SSSR count). The molecule has 0 radical (unpaired) electrons. The van der Waals surface area contributed by atoms with E-state index in [1.54, 1.807) is 6.92 Å². The molecule has 2 saturated heterocycles. The van der Waals surface area contributed by atoms with Crippen LogP contribution < -0.4 is 5.32 Å². The first-order valence-corrected chi connectivity index (χ1v) is 5.70. The molecular weight excluding hydrogens is 194 g/mol. The van der Waals surface area contributed by atoms with Crippen molar-refractivity contribution in [3.8, 4) is 0 Å². The molecule has 0 spiro atoms. The summed E-state index contributed by atoms with van der Waals surface area (Å²) in [4.78, 5) is 11.0. The highest BCUT2D eigenvalue weighted by molar-refractivity contribution is 5.78. The van der Waals surface area contributed by atoms with Gasteiger partial charge < -0.3 is 15.2 Å². The zero-order valence-corrected chi connectivity index (χ0v) is 9.16. The van der Waals surface area contributed by atoms with Crippen molar-refractivity contribution in [2.24, 2.45) is 5.92 Å². The number of hydrogen-bond acceptors (Lipinski definition) is 3. The van der Waals surface area contributed by atoms with Gasteiger partial charge in [-0.05, 0) is 45.1 Å². The van der Waals surface area contributed by atoms with E-state index in [0.717, 1.165) is 38.8 Å². The molecule has 0 amide bonds. The van der Waals surface area contributed by atoms with Crippen LogP contribution in [0.3, 0.4) is 0 Å². The van der Waals surface area contributed by atoms with Crippen molar-refractivity contribution >= 4 is 5.97 Å². The smallest absolute Gasteiger partial charge is 0.323 e. The standard InChI is InChI=1S/C11H19NO3/c1-11(10(13)14)6-8(7-12-11)5-9-3-2-4-15-9/h8-9,12H,2-7H2,1H3,(H,13,14). The number of hydrogen-bond donors (Lipinski definition) is 2. The van der Waals surface area contributed by atoms with Gasteiger partial charge in [0, 0.05) is 6.61 Å². The molecule has 86 valence electrons. The monoisotopic (exact) mass is 213 g/mol. The summed E-state index contributed by atoms with van der Waals surface area (Å²) in [6.07, 6.45) is 4.40. The van der Waals surface area contributed by atoms with E-state index in [0.29, 0.717) is 12.0 Å². The van der Waals surface area contributed by atoms with Crippen LogP contribution in [0.15, 0.2) is 0 Å². The molecule has 0 aliphatic carbocycles. The van der Waals surface area contributed by atoms with Crippen LogP contribution in [0.1, 0.15) is 32.6 Å². The molecule has 2 heterocycles. The highest BCUT2D eigenvalue weighted by Crippen LogP contribution is 2.30. The maximum Gasteiger partial charge on any atom is 0.323 e. The third-order valence-electron chi connectivity index (χ3n) is 3.57. The van der Waals surface area contributed by atoms with Gasteiger partial charge in [-0.25, -0.2) is 0 Å². The van der Waals surface area contributed by atoms with E-state index < -0.39 is 11.5 Å². The van der Waals surface area contributed by atoms with Gasteiger partial charge in [0.1, 0.15) is 5.54 Å². The van der Waals surface area contributed by atoms with Crippen molar-refractivity contribution in [2.75, 3.05) is 13.2 Å². The minimum atomic E-state index is -0.739. The molecular formula is C11H19NO3. The Labute approximate surface area is 90.0 Å². The van der Waals surface area contributed by atoms with Crippen molar-refractivity contribution in [2.45, 2.75) is 44.2 Å². The maximum atomic E-state index is 11.0. The SMILES string of the molecule is CC1(C(=O)O)CC(CC2CCCO2)CN1. The summed E-state index contributed by atoms with van der Waals surface area (Å²) in [5, 5.41) is 12.2. The van der Waals surface area contributed by atoms with Gasteiger partial charge in [0.2, 0.25) is 0 Å². The first-order valence-electron chi connectivity index (χ1n) is 5.70. The third-order valence-corrected chi connectivity index (χ3v) is 3.57. The molecule has 0 aromatic carbocycles. The fourth-order valence-electron chi connectivity index (χ4n) is 2.62. The Hall–Kier alpha value is -0.610. The number of rotatable bonds is 3. The molecule has 2 N–H and O–H groups in total. The predicted octanol–water partition coefficient (Wildman–Crippen LogP) is 1.01. The van der Waals surface area contributed by atoms with E-state index in [-0.39, 0.29) is 0 Å². The van der Waals surface area contributed by atoms with Gasteiger partial charge in [-0.3, -0.25) is 4.79 Å². The summed E-state index contributed by atoms with van der Waals surface area (Å²) in [6.45, 7) is 3.45. The molecule has 3 unspecified atom stereocenters. The summed E-state index contributed by atoms with van der Waals surface area (Å²) in [7, 11) is 0. The highest BCUT2D eigenvalue weighted by atomic mass is 16.5. The molecule has 4 heteroatoms. The fraction of sp³-hybridized carbons (Fsp3) is 0.909. The van der Waals surface area contributed by atoms with Gasteiger partial charge in [0.25, 0.3) is 0 Å². The van der Waals surface area contributed by atoms with Crippen LogP contribution in [0.4, 0.5) is 0 Å². The average molecular weight is 213 g/mol. The lowest BCUT2D eigenvalue weighted by atomic mass is 9.91. The second kappa shape index (κ2) is 4.10. The lowest BCUT2D eigenvalue weighted by Gasteiger charge is -2.19. The highest BCUT2D eigenvalue weighted by Gasteiger charge is 2.41. The Morgan fingerprint density at radius 3 is 3.00 bits per heavy atom. The Morgan fingerprint density at radius 2 is 2.47 bits per heavy atom. The van der Waals surface area contributed by atoms with Gasteiger partial charge in [-0.2, -0.15) is 0 Å². The lowest BCUT2D eigenvalue weighted by molar-refractivity contribution is -0.143. The minimum Gasteiger partial charge on any atom is -0.480 e. The van der Waals surface area contributed by atoms with Crippen molar-refractivity contribution in [1.29, 1.82) is 0 Å². The average Bonchev–Trinajstić information content (AvgIpc) is 2.77. The quantitative estimate of drug-likeness (QED) is 0.734. The summed E-state index contributed by atoms with van der Waals surface area (Å²) >= 11 is 0. The second-order valence-corrected chi connectivity index (χ2v) is 4.96. The van der Waals surface area contributed by atoms with E-state index in [1.165, 1.54) is 0 Å². The van der Waals surface area contributed by atoms with E-state index in [2.05, 4.69) is 5.32 Å². The van der Waals surface area contributed by atoms with Crippen LogP contribution in [0.5, 0.6) is 0 Å². The molecule has 2 fully saturated rings. The molecule has 2 aliphatic rings. The Balaban J connectivity index is 1.84. The van der Waals surface area contributed by atoms with E-state index in [9.17, 15) is 4.79 Å². The van der Waals surface area contributed by atoms with Crippen LogP contribution in [0.25, 0.3) is 0 Å². The molecule has 0 aromatic rings.